The Morgan fingerprint density at radius 2 is 1.85 bits per heavy atom. The van der Waals surface area contributed by atoms with E-state index in [1.54, 1.807) is 36.1 Å². The highest BCUT2D eigenvalue weighted by atomic mass is 79.9. The number of β-amino-alcohol motifs (C(OH)–C–C–N with tert-alkyl or cyclic N) is 1. The Morgan fingerprint density at radius 3 is 2.55 bits per heavy atom. The lowest BCUT2D eigenvalue weighted by molar-refractivity contribution is 0.189. The molecule has 1 fully saturated rings. The Morgan fingerprint density at radius 1 is 1.09 bits per heavy atom. The van der Waals surface area contributed by atoms with E-state index in [9.17, 15) is 4.79 Å². The third-order valence-corrected chi connectivity index (χ3v) is 6.21. The average Bonchev–Trinajstić information content (AvgIpc) is 2.83. The summed E-state index contributed by atoms with van der Waals surface area (Å²) in [6.07, 6.45) is 3.51. The number of pyridine rings is 1. The van der Waals surface area contributed by atoms with Crippen LogP contribution in [0.1, 0.15) is 5.56 Å². The van der Waals surface area contributed by atoms with Crippen molar-refractivity contribution in [1.29, 1.82) is 0 Å². The van der Waals surface area contributed by atoms with Gasteiger partial charge in [-0.25, -0.2) is 4.98 Å². The second-order valence-electron chi connectivity index (χ2n) is 7.95. The number of anilines is 4. The molecule has 4 rings (SSSR count). The van der Waals surface area contributed by atoms with Crippen LogP contribution < -0.4 is 21.1 Å². The zero-order chi connectivity index (χ0) is 23.2. The molecule has 0 saturated carbocycles. The number of nitrogens with one attached hydrogen (secondary N) is 2. The third-order valence-electron chi connectivity index (χ3n) is 5.63. The molecule has 0 spiro atoms. The number of aliphatic hydroxyl groups excluding tert-OH is 1. The van der Waals surface area contributed by atoms with Crippen molar-refractivity contribution in [1.82, 2.24) is 19.4 Å². The largest absolute Gasteiger partial charge is 0.395 e. The van der Waals surface area contributed by atoms with Crippen LogP contribution in [0.3, 0.4) is 0 Å². The van der Waals surface area contributed by atoms with Gasteiger partial charge in [0.2, 0.25) is 11.5 Å². The molecule has 3 heterocycles. The van der Waals surface area contributed by atoms with Crippen LogP contribution in [-0.2, 0) is 13.6 Å². The highest BCUT2D eigenvalue weighted by Gasteiger charge is 2.16. The number of benzene rings is 1. The van der Waals surface area contributed by atoms with E-state index >= 15 is 0 Å². The van der Waals surface area contributed by atoms with Crippen LogP contribution in [0.5, 0.6) is 0 Å². The molecule has 3 N–H and O–H groups in total. The molecular weight excluding hydrogens is 486 g/mol. The van der Waals surface area contributed by atoms with E-state index in [1.807, 2.05) is 12.1 Å². The van der Waals surface area contributed by atoms with Crippen LogP contribution in [0.15, 0.2) is 58.1 Å². The molecule has 0 aliphatic carbocycles. The fourth-order valence-corrected chi connectivity index (χ4v) is 4.08. The van der Waals surface area contributed by atoms with Crippen molar-refractivity contribution < 1.29 is 5.11 Å². The minimum Gasteiger partial charge on any atom is -0.395 e. The lowest BCUT2D eigenvalue weighted by Crippen LogP contribution is -2.47. The van der Waals surface area contributed by atoms with Gasteiger partial charge in [0, 0.05) is 76.2 Å². The van der Waals surface area contributed by atoms with Gasteiger partial charge in [-0.2, -0.15) is 4.98 Å². The first-order chi connectivity index (χ1) is 16.0. The Labute approximate surface area is 201 Å². The summed E-state index contributed by atoms with van der Waals surface area (Å²) >= 11 is 3.49. The van der Waals surface area contributed by atoms with Crippen LogP contribution in [0, 0.1) is 0 Å². The van der Waals surface area contributed by atoms with Gasteiger partial charge in [0.25, 0.3) is 0 Å². The molecule has 9 nitrogen and oxygen atoms in total. The van der Waals surface area contributed by atoms with Gasteiger partial charge >= 0.3 is 0 Å². The first kappa shape index (κ1) is 23.2. The summed E-state index contributed by atoms with van der Waals surface area (Å²) in [5.41, 5.74) is 3.03. The van der Waals surface area contributed by atoms with Crippen LogP contribution in [0.4, 0.5) is 23.1 Å². The first-order valence-electron chi connectivity index (χ1n) is 10.9. The summed E-state index contributed by atoms with van der Waals surface area (Å²) in [5.74, 6) is 1.16. The molecule has 1 saturated heterocycles. The van der Waals surface area contributed by atoms with Gasteiger partial charge in [-0.15, -0.1) is 0 Å². The minimum absolute atomic E-state index is 0.0385. The van der Waals surface area contributed by atoms with Crippen molar-refractivity contribution in [3.63, 3.8) is 0 Å². The van der Waals surface area contributed by atoms with E-state index in [0.29, 0.717) is 18.3 Å². The molecule has 0 unspecified atom stereocenters. The molecular formula is C23H28BrN7O2. The summed E-state index contributed by atoms with van der Waals surface area (Å²) in [7, 11) is 1.73. The zero-order valence-electron chi connectivity index (χ0n) is 18.5. The molecule has 174 valence electrons. The fraction of sp³-hybridized carbons (Fsp3) is 0.348. The van der Waals surface area contributed by atoms with E-state index in [1.165, 1.54) is 5.69 Å². The van der Waals surface area contributed by atoms with Crippen molar-refractivity contribution in [2.24, 2.45) is 7.05 Å². The van der Waals surface area contributed by atoms with Gasteiger partial charge in [0.05, 0.1) is 11.1 Å². The Hall–Kier alpha value is -2.95. The monoisotopic (exact) mass is 513 g/mol. The Bertz CT molecular complexity index is 1130. The molecule has 0 bridgehead atoms. The predicted octanol–water partition coefficient (Wildman–Crippen LogP) is 2.41. The highest BCUT2D eigenvalue weighted by Crippen LogP contribution is 2.24. The maximum Gasteiger partial charge on any atom is 0.250 e. The van der Waals surface area contributed by atoms with Crippen molar-refractivity contribution in [3.05, 3.63) is 69.2 Å². The van der Waals surface area contributed by atoms with Gasteiger partial charge in [-0.3, -0.25) is 9.69 Å². The number of hydrogen-bond donors (Lipinski definition) is 3. The smallest absolute Gasteiger partial charge is 0.250 e. The number of rotatable bonds is 8. The van der Waals surface area contributed by atoms with E-state index in [2.05, 4.69) is 58.5 Å². The summed E-state index contributed by atoms with van der Waals surface area (Å²) in [4.78, 5) is 25.1. The van der Waals surface area contributed by atoms with Crippen molar-refractivity contribution in [2.45, 2.75) is 6.54 Å². The summed E-state index contributed by atoms with van der Waals surface area (Å²) in [6.45, 7) is 5.31. The highest BCUT2D eigenvalue weighted by molar-refractivity contribution is 9.10. The minimum atomic E-state index is -0.0385. The summed E-state index contributed by atoms with van der Waals surface area (Å²) < 4.78 is 2.31. The number of aryl methyl sites for hydroxylation is 1. The fourth-order valence-electron chi connectivity index (χ4n) is 3.75. The number of aromatic nitrogens is 3. The molecule has 33 heavy (non-hydrogen) atoms. The number of halogens is 1. The average molecular weight is 514 g/mol. The quantitative estimate of drug-likeness (QED) is 0.422. The summed E-state index contributed by atoms with van der Waals surface area (Å²) in [6, 6.07) is 11.6. The third kappa shape index (κ3) is 6.10. The lowest BCUT2D eigenvalue weighted by Gasteiger charge is -2.35. The van der Waals surface area contributed by atoms with E-state index in [0.717, 1.165) is 48.4 Å². The van der Waals surface area contributed by atoms with Gasteiger partial charge in [-0.05, 0) is 45.8 Å². The van der Waals surface area contributed by atoms with Crippen molar-refractivity contribution in [2.75, 3.05) is 54.9 Å². The molecule has 10 heteroatoms. The number of hydrogen-bond acceptors (Lipinski definition) is 8. The van der Waals surface area contributed by atoms with Crippen LogP contribution in [-0.4, -0.2) is 63.9 Å². The molecule has 0 radical (unpaired) electrons. The lowest BCUT2D eigenvalue weighted by atomic mass is 10.2. The molecule has 2 aromatic heterocycles. The van der Waals surface area contributed by atoms with Crippen molar-refractivity contribution in [3.8, 4) is 0 Å². The number of nitrogens with zero attached hydrogens (tertiary/aromatic N) is 5. The maximum absolute atomic E-state index is 11.6. The van der Waals surface area contributed by atoms with Gasteiger partial charge in [0.1, 0.15) is 5.82 Å². The van der Waals surface area contributed by atoms with E-state index in [-0.39, 0.29) is 12.2 Å². The molecule has 1 aliphatic heterocycles. The summed E-state index contributed by atoms with van der Waals surface area (Å²) in [5, 5.41) is 15.6. The second kappa shape index (κ2) is 10.8. The number of aliphatic hydroxyl groups is 1. The van der Waals surface area contributed by atoms with Crippen LogP contribution >= 0.6 is 15.9 Å². The zero-order valence-corrected chi connectivity index (χ0v) is 20.1. The second-order valence-corrected chi connectivity index (χ2v) is 8.81. The molecule has 3 aromatic rings. The van der Waals surface area contributed by atoms with Crippen LogP contribution in [0.25, 0.3) is 0 Å². The van der Waals surface area contributed by atoms with Gasteiger partial charge in [-0.1, -0.05) is 6.07 Å². The SMILES string of the molecule is Cn1cc(CNc2nc(Nc3ccc(N4CCN(CCO)CC4)cc3)ncc2Br)ccc1=O. The molecule has 0 amide bonds. The van der Waals surface area contributed by atoms with Gasteiger partial charge in [0.15, 0.2) is 0 Å². The number of piperazine rings is 1. The Balaban J connectivity index is 1.37. The molecule has 1 aliphatic rings. The molecule has 0 atom stereocenters. The Kier molecular flexibility index (Phi) is 7.58. The van der Waals surface area contributed by atoms with Crippen molar-refractivity contribution >= 4 is 39.1 Å². The van der Waals surface area contributed by atoms with E-state index in [4.69, 9.17) is 5.11 Å². The predicted molar refractivity (Wildman–Crippen MR) is 134 cm³/mol. The molecule has 1 aromatic carbocycles. The maximum atomic E-state index is 11.6. The normalized spacial score (nSPS) is 14.3. The van der Waals surface area contributed by atoms with Crippen LogP contribution in [0.2, 0.25) is 0 Å². The van der Waals surface area contributed by atoms with Gasteiger partial charge < -0.3 is 25.2 Å². The van der Waals surface area contributed by atoms with E-state index < -0.39 is 0 Å². The standard InChI is InChI=1S/C23H28BrN7O2/c1-29-16-17(2-7-21(29)33)14-25-22-20(24)15-26-23(28-22)27-18-3-5-19(6-4-18)31-10-8-30(9-11-31)12-13-32/h2-7,15-16,32H,8-14H2,1H3,(H2,25,26,27,28). The first-order valence-corrected chi connectivity index (χ1v) is 11.7. The topological polar surface area (TPSA) is 98.6 Å².